The summed E-state index contributed by atoms with van der Waals surface area (Å²) in [4.78, 5) is 17.0. The quantitative estimate of drug-likeness (QED) is 0.249. The summed E-state index contributed by atoms with van der Waals surface area (Å²) in [6.07, 6.45) is -1.43. The van der Waals surface area contributed by atoms with Crippen LogP contribution in [0.25, 0.3) is 11.3 Å². The molecule has 2 N–H and O–H groups in total. The van der Waals surface area contributed by atoms with E-state index in [-0.39, 0.29) is 33.7 Å². The molecule has 1 unspecified atom stereocenters. The van der Waals surface area contributed by atoms with Crippen LogP contribution in [-0.4, -0.2) is 41.9 Å². The molecule has 1 aromatic heterocycles. The zero-order valence-corrected chi connectivity index (χ0v) is 22.7. The van der Waals surface area contributed by atoms with Crippen molar-refractivity contribution in [3.05, 3.63) is 76.2 Å². The molecular weight excluding hydrogens is 552 g/mol. The number of ether oxygens (including phenoxy) is 2. The van der Waals surface area contributed by atoms with Gasteiger partial charge in [-0.05, 0) is 79.8 Å². The minimum atomic E-state index is -5.20. The van der Waals surface area contributed by atoms with Crippen LogP contribution < -0.4 is 14.8 Å². The summed E-state index contributed by atoms with van der Waals surface area (Å²) >= 11 is 5.89. The standard InChI is InChI=1S/C29H29ClF4N2O4/c1-3-4-5-17-12-23(18-6-10-22(31)21(30)14-18)36-26(13-17)28(38,29(32,33)34)16-35-27(37)19-7-11-24(25(15-19)39-2)40-20-8-9-20/h6-7,10-15,20,38H,3-5,8-9,16H2,1-2H3,(H,35,37). The number of methoxy groups -OCH3 is 1. The Balaban J connectivity index is 1.65. The van der Waals surface area contributed by atoms with E-state index >= 15 is 0 Å². The van der Waals surface area contributed by atoms with Crippen LogP contribution in [0.2, 0.25) is 5.02 Å². The van der Waals surface area contributed by atoms with E-state index in [4.69, 9.17) is 21.1 Å². The smallest absolute Gasteiger partial charge is 0.424 e. The first-order valence-corrected chi connectivity index (χ1v) is 13.2. The summed E-state index contributed by atoms with van der Waals surface area (Å²) in [7, 11) is 1.39. The molecule has 1 aliphatic carbocycles. The van der Waals surface area contributed by atoms with Gasteiger partial charge in [0.15, 0.2) is 11.5 Å². The fourth-order valence-electron chi connectivity index (χ4n) is 4.05. The van der Waals surface area contributed by atoms with Crippen molar-refractivity contribution in [1.29, 1.82) is 0 Å². The van der Waals surface area contributed by atoms with Crippen molar-refractivity contribution in [3.63, 3.8) is 0 Å². The predicted molar refractivity (Wildman–Crippen MR) is 142 cm³/mol. The molecule has 3 aromatic rings. The van der Waals surface area contributed by atoms with Gasteiger partial charge in [-0.2, -0.15) is 13.2 Å². The Labute approximate surface area is 234 Å². The Morgan fingerprint density at radius 3 is 2.50 bits per heavy atom. The fraction of sp³-hybridized carbons (Fsp3) is 0.379. The second-order valence-corrected chi connectivity index (χ2v) is 10.1. The Morgan fingerprint density at radius 1 is 1.12 bits per heavy atom. The lowest BCUT2D eigenvalue weighted by molar-refractivity contribution is -0.265. The number of unbranched alkanes of at least 4 members (excludes halogenated alkanes) is 1. The van der Waals surface area contributed by atoms with Gasteiger partial charge >= 0.3 is 6.18 Å². The first-order valence-electron chi connectivity index (χ1n) is 12.8. The van der Waals surface area contributed by atoms with Crippen LogP contribution in [0.15, 0.2) is 48.5 Å². The molecule has 6 nitrogen and oxygen atoms in total. The second kappa shape index (κ2) is 12.0. The topological polar surface area (TPSA) is 80.7 Å². The molecule has 40 heavy (non-hydrogen) atoms. The largest absolute Gasteiger partial charge is 0.493 e. The Morgan fingerprint density at radius 2 is 1.88 bits per heavy atom. The summed E-state index contributed by atoms with van der Waals surface area (Å²) in [6.45, 7) is 0.732. The third-order valence-corrected chi connectivity index (χ3v) is 6.85. The van der Waals surface area contributed by atoms with E-state index in [1.807, 2.05) is 6.92 Å². The van der Waals surface area contributed by atoms with Crippen molar-refractivity contribution in [3.8, 4) is 22.8 Å². The maximum absolute atomic E-state index is 14.4. The van der Waals surface area contributed by atoms with Crippen LogP contribution in [0, 0.1) is 5.82 Å². The average molecular weight is 581 g/mol. The van der Waals surface area contributed by atoms with Crippen LogP contribution in [0.3, 0.4) is 0 Å². The highest BCUT2D eigenvalue weighted by Gasteiger charge is 2.56. The Bertz CT molecular complexity index is 1380. The summed E-state index contributed by atoms with van der Waals surface area (Å²) in [6, 6.07) is 10.7. The predicted octanol–water partition coefficient (Wildman–Crippen LogP) is 6.61. The third-order valence-electron chi connectivity index (χ3n) is 6.56. The molecule has 1 atom stereocenters. The van der Waals surface area contributed by atoms with Gasteiger partial charge in [0.05, 0.1) is 36.2 Å². The lowest BCUT2D eigenvalue weighted by Crippen LogP contribution is -2.51. The minimum Gasteiger partial charge on any atom is -0.493 e. The number of carbonyl (C=O) groups is 1. The number of nitrogens with one attached hydrogen (secondary N) is 1. The number of amides is 1. The number of hydrogen-bond donors (Lipinski definition) is 2. The first kappa shape index (κ1) is 29.6. The number of aromatic nitrogens is 1. The summed E-state index contributed by atoms with van der Waals surface area (Å²) in [5.74, 6) is -0.855. The van der Waals surface area contributed by atoms with Crippen LogP contribution in [0.1, 0.15) is 54.2 Å². The van der Waals surface area contributed by atoms with E-state index < -0.39 is 35.7 Å². The van der Waals surface area contributed by atoms with E-state index in [1.165, 1.54) is 43.5 Å². The van der Waals surface area contributed by atoms with Crippen molar-refractivity contribution in [2.75, 3.05) is 13.7 Å². The van der Waals surface area contributed by atoms with Gasteiger partial charge in [0.25, 0.3) is 5.91 Å². The number of aryl methyl sites for hydroxylation is 1. The second-order valence-electron chi connectivity index (χ2n) is 9.70. The Kier molecular flexibility index (Phi) is 8.90. The summed E-state index contributed by atoms with van der Waals surface area (Å²) < 4.78 is 68.0. The highest BCUT2D eigenvalue weighted by Crippen LogP contribution is 2.40. The molecule has 1 aliphatic rings. The van der Waals surface area contributed by atoms with Gasteiger partial charge in [-0.3, -0.25) is 4.79 Å². The molecule has 2 aromatic carbocycles. The molecule has 0 radical (unpaired) electrons. The molecule has 0 bridgehead atoms. The lowest BCUT2D eigenvalue weighted by Gasteiger charge is -2.31. The number of rotatable bonds is 11. The van der Waals surface area contributed by atoms with E-state index in [0.29, 0.717) is 24.2 Å². The number of halogens is 5. The van der Waals surface area contributed by atoms with Crippen LogP contribution >= 0.6 is 11.6 Å². The fourth-order valence-corrected chi connectivity index (χ4v) is 4.23. The summed E-state index contributed by atoms with van der Waals surface area (Å²) in [5, 5.41) is 13.0. The van der Waals surface area contributed by atoms with Gasteiger partial charge in [0.2, 0.25) is 5.60 Å². The number of aliphatic hydroxyl groups is 1. The average Bonchev–Trinajstić information content (AvgIpc) is 3.75. The van der Waals surface area contributed by atoms with Crippen molar-refractivity contribution in [2.45, 2.75) is 56.9 Å². The normalized spacial score (nSPS) is 14.9. The minimum absolute atomic E-state index is 0.0239. The van der Waals surface area contributed by atoms with Gasteiger partial charge in [-0.1, -0.05) is 24.9 Å². The van der Waals surface area contributed by atoms with E-state index in [1.54, 1.807) is 6.07 Å². The number of nitrogens with zero attached hydrogens (tertiary/aromatic N) is 1. The molecule has 214 valence electrons. The molecule has 1 fully saturated rings. The number of carbonyl (C=O) groups excluding carboxylic acids is 1. The molecule has 1 heterocycles. The van der Waals surface area contributed by atoms with Crippen molar-refractivity contribution < 1.29 is 36.9 Å². The van der Waals surface area contributed by atoms with E-state index in [2.05, 4.69) is 10.3 Å². The Hall–Kier alpha value is -3.37. The number of benzene rings is 2. The molecule has 0 aliphatic heterocycles. The maximum Gasteiger partial charge on any atom is 0.424 e. The van der Waals surface area contributed by atoms with Gasteiger partial charge in [0, 0.05) is 11.1 Å². The van der Waals surface area contributed by atoms with Crippen molar-refractivity contribution in [1.82, 2.24) is 10.3 Å². The van der Waals surface area contributed by atoms with Gasteiger partial charge in [-0.15, -0.1) is 0 Å². The zero-order valence-electron chi connectivity index (χ0n) is 21.9. The molecule has 1 amide bonds. The van der Waals surface area contributed by atoms with Crippen molar-refractivity contribution in [2.24, 2.45) is 0 Å². The zero-order chi connectivity index (χ0) is 29.1. The summed E-state index contributed by atoms with van der Waals surface area (Å²) in [5.41, 5.74) is -3.35. The number of hydrogen-bond acceptors (Lipinski definition) is 5. The van der Waals surface area contributed by atoms with E-state index in [9.17, 15) is 27.5 Å². The highest BCUT2D eigenvalue weighted by atomic mass is 35.5. The first-order chi connectivity index (χ1) is 18.9. The molecule has 0 saturated heterocycles. The maximum atomic E-state index is 14.4. The number of alkyl halides is 3. The number of pyridine rings is 1. The SMILES string of the molecule is CCCCc1cc(-c2ccc(F)c(Cl)c2)nc(C(O)(CNC(=O)c2ccc(OC3CC3)c(OC)c2)C(F)(F)F)c1. The third kappa shape index (κ3) is 6.67. The highest BCUT2D eigenvalue weighted by molar-refractivity contribution is 6.31. The van der Waals surface area contributed by atoms with Crippen molar-refractivity contribution >= 4 is 17.5 Å². The van der Waals surface area contributed by atoms with Crippen LogP contribution in [0.5, 0.6) is 11.5 Å². The lowest BCUT2D eigenvalue weighted by atomic mass is 9.94. The molecular formula is C29H29ClF4N2O4. The molecule has 0 spiro atoms. The molecule has 11 heteroatoms. The van der Waals surface area contributed by atoms with Crippen LogP contribution in [-0.2, 0) is 12.0 Å². The molecule has 4 rings (SSSR count). The van der Waals surface area contributed by atoms with Crippen LogP contribution in [0.4, 0.5) is 17.6 Å². The van der Waals surface area contributed by atoms with Gasteiger partial charge < -0.3 is 19.9 Å². The van der Waals surface area contributed by atoms with Gasteiger partial charge in [0.1, 0.15) is 5.82 Å². The van der Waals surface area contributed by atoms with E-state index in [0.717, 1.165) is 25.3 Å². The molecule has 1 saturated carbocycles. The monoisotopic (exact) mass is 580 g/mol. The van der Waals surface area contributed by atoms with Gasteiger partial charge in [-0.25, -0.2) is 9.37 Å².